The van der Waals surface area contributed by atoms with Crippen LogP contribution in [0.25, 0.3) is 0 Å². The number of nitrogens with zero attached hydrogens (tertiary/aromatic N) is 4. The molecule has 7 heteroatoms. The molecule has 1 N–H and O–H groups in total. The minimum atomic E-state index is -0.0708. The van der Waals surface area contributed by atoms with Gasteiger partial charge >= 0.3 is 0 Å². The SMILES string of the molecule is CC(=O)c1ccc(Nc2nc(C)cc(C(=O)N3CCN(C)CC3)n2)cc1. The number of ketones is 1. The van der Waals surface area contributed by atoms with Gasteiger partial charge in [0.1, 0.15) is 5.69 Å². The summed E-state index contributed by atoms with van der Waals surface area (Å²) in [5.41, 5.74) is 2.52. The van der Waals surface area contributed by atoms with Crippen molar-refractivity contribution in [2.75, 3.05) is 38.5 Å². The zero-order valence-corrected chi connectivity index (χ0v) is 15.3. The lowest BCUT2D eigenvalue weighted by Gasteiger charge is -2.32. The third-order valence-corrected chi connectivity index (χ3v) is 4.41. The summed E-state index contributed by atoms with van der Waals surface area (Å²) in [5, 5.41) is 3.10. The molecule has 0 spiro atoms. The van der Waals surface area contributed by atoms with Crippen molar-refractivity contribution in [3.05, 3.63) is 47.3 Å². The molecule has 1 amide bonds. The Morgan fingerprint density at radius 3 is 2.31 bits per heavy atom. The van der Waals surface area contributed by atoms with Crippen molar-refractivity contribution in [3.8, 4) is 0 Å². The fourth-order valence-corrected chi connectivity index (χ4v) is 2.82. The molecule has 26 heavy (non-hydrogen) atoms. The summed E-state index contributed by atoms with van der Waals surface area (Å²) in [6.07, 6.45) is 0. The Balaban J connectivity index is 1.76. The maximum atomic E-state index is 12.7. The highest BCUT2D eigenvalue weighted by Gasteiger charge is 2.22. The summed E-state index contributed by atoms with van der Waals surface area (Å²) < 4.78 is 0. The lowest BCUT2D eigenvalue weighted by atomic mass is 10.1. The molecule has 0 atom stereocenters. The van der Waals surface area contributed by atoms with E-state index in [4.69, 9.17) is 0 Å². The molecule has 1 aromatic carbocycles. The zero-order valence-electron chi connectivity index (χ0n) is 15.3. The molecule has 7 nitrogen and oxygen atoms in total. The van der Waals surface area contributed by atoms with Crippen LogP contribution in [0, 0.1) is 6.92 Å². The van der Waals surface area contributed by atoms with Gasteiger partial charge in [-0.2, -0.15) is 0 Å². The van der Waals surface area contributed by atoms with Crippen molar-refractivity contribution < 1.29 is 9.59 Å². The second-order valence-electron chi connectivity index (χ2n) is 6.57. The quantitative estimate of drug-likeness (QED) is 0.849. The number of aryl methyl sites for hydroxylation is 1. The monoisotopic (exact) mass is 353 g/mol. The minimum Gasteiger partial charge on any atom is -0.335 e. The van der Waals surface area contributed by atoms with E-state index < -0.39 is 0 Å². The van der Waals surface area contributed by atoms with E-state index in [0.717, 1.165) is 24.5 Å². The van der Waals surface area contributed by atoms with Crippen molar-refractivity contribution in [1.29, 1.82) is 0 Å². The van der Waals surface area contributed by atoms with Gasteiger partial charge in [0.15, 0.2) is 5.78 Å². The predicted molar refractivity (Wildman–Crippen MR) is 99.9 cm³/mol. The maximum absolute atomic E-state index is 12.7. The highest BCUT2D eigenvalue weighted by Crippen LogP contribution is 2.16. The standard InChI is InChI=1S/C19H23N5O2/c1-13-12-17(18(26)24-10-8-23(3)9-11-24)22-19(20-13)21-16-6-4-15(5-7-16)14(2)25/h4-7,12H,8-11H2,1-3H3,(H,20,21,22). The van der Waals surface area contributed by atoms with E-state index in [1.54, 1.807) is 30.3 Å². The molecule has 0 aliphatic carbocycles. The van der Waals surface area contributed by atoms with Crippen LogP contribution in [0.5, 0.6) is 0 Å². The third-order valence-electron chi connectivity index (χ3n) is 4.41. The van der Waals surface area contributed by atoms with E-state index in [0.29, 0.717) is 30.3 Å². The number of piperazine rings is 1. The number of carbonyl (C=O) groups excluding carboxylic acids is 2. The summed E-state index contributed by atoms with van der Waals surface area (Å²) >= 11 is 0. The average Bonchev–Trinajstić information content (AvgIpc) is 2.61. The summed E-state index contributed by atoms with van der Waals surface area (Å²) in [7, 11) is 2.05. The van der Waals surface area contributed by atoms with Crippen LogP contribution in [0.4, 0.5) is 11.6 Å². The number of rotatable bonds is 4. The van der Waals surface area contributed by atoms with E-state index in [1.165, 1.54) is 6.92 Å². The number of benzene rings is 1. The van der Waals surface area contributed by atoms with Gasteiger partial charge in [-0.05, 0) is 51.2 Å². The van der Waals surface area contributed by atoms with E-state index in [1.807, 2.05) is 11.8 Å². The largest absolute Gasteiger partial charge is 0.335 e. The number of amides is 1. The van der Waals surface area contributed by atoms with Crippen molar-refractivity contribution in [1.82, 2.24) is 19.8 Å². The number of hydrogen-bond donors (Lipinski definition) is 1. The lowest BCUT2D eigenvalue weighted by molar-refractivity contribution is 0.0658. The van der Waals surface area contributed by atoms with Gasteiger partial charge in [-0.1, -0.05) is 0 Å². The zero-order chi connectivity index (χ0) is 18.7. The first kappa shape index (κ1) is 18.0. The molecule has 1 aliphatic rings. The van der Waals surface area contributed by atoms with Gasteiger partial charge in [-0.15, -0.1) is 0 Å². The van der Waals surface area contributed by atoms with Gasteiger partial charge in [0, 0.05) is 43.1 Å². The molecular weight excluding hydrogens is 330 g/mol. The second-order valence-corrected chi connectivity index (χ2v) is 6.57. The predicted octanol–water partition coefficient (Wildman–Crippen LogP) is 2.12. The normalized spacial score (nSPS) is 15.0. The first-order chi connectivity index (χ1) is 12.4. The topological polar surface area (TPSA) is 78.4 Å². The van der Waals surface area contributed by atoms with Gasteiger partial charge in [-0.3, -0.25) is 9.59 Å². The summed E-state index contributed by atoms with van der Waals surface area (Å²) in [5.74, 6) is 0.319. The molecule has 2 heterocycles. The van der Waals surface area contributed by atoms with Crippen LogP contribution in [0.15, 0.2) is 30.3 Å². The molecule has 2 aromatic rings. The molecule has 1 saturated heterocycles. The molecule has 0 saturated carbocycles. The molecule has 3 rings (SSSR count). The maximum Gasteiger partial charge on any atom is 0.272 e. The number of likely N-dealkylation sites (N-methyl/N-ethyl adjacent to an activating group) is 1. The Morgan fingerprint density at radius 1 is 1.04 bits per heavy atom. The molecule has 1 fully saturated rings. The minimum absolute atomic E-state index is 0.0171. The van der Waals surface area contributed by atoms with Crippen LogP contribution in [-0.2, 0) is 0 Å². The average molecular weight is 353 g/mol. The van der Waals surface area contributed by atoms with Crippen LogP contribution in [0.1, 0.15) is 33.5 Å². The van der Waals surface area contributed by atoms with Crippen LogP contribution in [-0.4, -0.2) is 64.7 Å². The number of aromatic nitrogens is 2. The summed E-state index contributed by atoms with van der Waals surface area (Å²) in [6.45, 7) is 6.50. The number of hydrogen-bond acceptors (Lipinski definition) is 6. The summed E-state index contributed by atoms with van der Waals surface area (Å²) in [6, 6.07) is 8.80. The molecule has 0 radical (unpaired) electrons. The van der Waals surface area contributed by atoms with Crippen LogP contribution >= 0.6 is 0 Å². The van der Waals surface area contributed by atoms with Gasteiger partial charge in [-0.25, -0.2) is 9.97 Å². The first-order valence-corrected chi connectivity index (χ1v) is 8.64. The Hall–Kier alpha value is -2.80. The van der Waals surface area contributed by atoms with E-state index in [2.05, 4.69) is 27.2 Å². The number of nitrogens with one attached hydrogen (secondary N) is 1. The van der Waals surface area contributed by atoms with Gasteiger partial charge in [0.25, 0.3) is 5.91 Å². The highest BCUT2D eigenvalue weighted by molar-refractivity contribution is 5.94. The van der Waals surface area contributed by atoms with Gasteiger partial charge < -0.3 is 15.1 Å². The van der Waals surface area contributed by atoms with Crippen molar-refractivity contribution in [3.63, 3.8) is 0 Å². The Bertz CT molecular complexity index is 811. The molecule has 1 aromatic heterocycles. The van der Waals surface area contributed by atoms with Crippen molar-refractivity contribution in [2.45, 2.75) is 13.8 Å². The molecule has 1 aliphatic heterocycles. The van der Waals surface area contributed by atoms with Crippen molar-refractivity contribution in [2.24, 2.45) is 0 Å². The Labute approximate surface area is 153 Å². The highest BCUT2D eigenvalue weighted by atomic mass is 16.2. The number of Topliss-reactive ketones (excluding diaryl/α,β-unsaturated/α-hetero) is 1. The molecular formula is C19H23N5O2. The van der Waals surface area contributed by atoms with Crippen LogP contribution in [0.3, 0.4) is 0 Å². The Morgan fingerprint density at radius 2 is 1.69 bits per heavy atom. The fourth-order valence-electron chi connectivity index (χ4n) is 2.82. The second kappa shape index (κ2) is 7.61. The van der Waals surface area contributed by atoms with Gasteiger partial charge in [0.05, 0.1) is 0 Å². The van der Waals surface area contributed by atoms with E-state index in [-0.39, 0.29) is 11.7 Å². The van der Waals surface area contributed by atoms with Gasteiger partial charge in [0.2, 0.25) is 5.95 Å². The Kier molecular flexibility index (Phi) is 5.27. The first-order valence-electron chi connectivity index (χ1n) is 8.64. The smallest absolute Gasteiger partial charge is 0.272 e. The molecule has 0 bridgehead atoms. The van der Waals surface area contributed by atoms with E-state index >= 15 is 0 Å². The third kappa shape index (κ3) is 4.23. The molecule has 136 valence electrons. The van der Waals surface area contributed by atoms with Crippen LogP contribution < -0.4 is 5.32 Å². The van der Waals surface area contributed by atoms with E-state index in [9.17, 15) is 9.59 Å². The van der Waals surface area contributed by atoms with Crippen LogP contribution in [0.2, 0.25) is 0 Å². The van der Waals surface area contributed by atoms with Crippen molar-refractivity contribution >= 4 is 23.3 Å². The summed E-state index contributed by atoms with van der Waals surface area (Å²) in [4.78, 5) is 36.9. The number of anilines is 2. The lowest BCUT2D eigenvalue weighted by Crippen LogP contribution is -2.47. The molecule has 0 unspecified atom stereocenters. The fraction of sp³-hybridized carbons (Fsp3) is 0.368. The number of carbonyl (C=O) groups is 2.